The number of amides is 1. The highest BCUT2D eigenvalue weighted by atomic mass is 16.5. The van der Waals surface area contributed by atoms with Gasteiger partial charge < -0.3 is 4.74 Å². The Balaban J connectivity index is 1.47. The summed E-state index contributed by atoms with van der Waals surface area (Å²) in [6, 6.07) is 0. The Morgan fingerprint density at radius 2 is 1.52 bits per heavy atom. The van der Waals surface area contributed by atoms with E-state index in [-0.39, 0.29) is 23.4 Å². The minimum Gasteiger partial charge on any atom is -0.462 e. The molecule has 0 aliphatic heterocycles. The second-order valence-electron chi connectivity index (χ2n) is 9.48. The third-order valence-electron chi connectivity index (χ3n) is 7.68. The Labute approximate surface area is 165 Å². The van der Waals surface area contributed by atoms with Crippen molar-refractivity contribution in [2.75, 3.05) is 0 Å². The second kappa shape index (κ2) is 9.90. The van der Waals surface area contributed by atoms with Crippen LogP contribution in [0.1, 0.15) is 104 Å². The highest BCUT2D eigenvalue weighted by Gasteiger charge is 2.62. The first-order valence-corrected chi connectivity index (χ1v) is 11.0. The van der Waals surface area contributed by atoms with Crippen LogP contribution in [0.5, 0.6) is 0 Å². The minimum atomic E-state index is -0.0788. The lowest BCUT2D eigenvalue weighted by Crippen LogP contribution is -2.38. The van der Waals surface area contributed by atoms with Crippen LogP contribution >= 0.6 is 0 Å². The third kappa shape index (κ3) is 5.46. The number of carbonyl (C=O) groups excluding carboxylic acids is 2. The fourth-order valence-electron chi connectivity index (χ4n) is 5.21. The van der Waals surface area contributed by atoms with Crippen LogP contribution in [0.4, 0.5) is 0 Å². The van der Waals surface area contributed by atoms with Crippen molar-refractivity contribution in [1.82, 2.24) is 5.43 Å². The lowest BCUT2D eigenvalue weighted by molar-refractivity contribution is -0.157. The van der Waals surface area contributed by atoms with Crippen molar-refractivity contribution in [3.05, 3.63) is 0 Å². The molecule has 3 atom stereocenters. The summed E-state index contributed by atoms with van der Waals surface area (Å²) in [5.41, 5.74) is 2.62. The van der Waals surface area contributed by atoms with Crippen molar-refractivity contribution < 1.29 is 14.3 Å². The van der Waals surface area contributed by atoms with E-state index in [0.29, 0.717) is 24.2 Å². The van der Waals surface area contributed by atoms with Gasteiger partial charge in [0.05, 0.1) is 0 Å². The Hall–Kier alpha value is -1.10. The van der Waals surface area contributed by atoms with Gasteiger partial charge in [-0.1, -0.05) is 59.3 Å². The normalized spacial score (nSPS) is 28.3. The molecule has 0 spiro atoms. The topological polar surface area (TPSA) is 81.4 Å². The van der Waals surface area contributed by atoms with Crippen LogP contribution < -0.4 is 11.3 Å². The van der Waals surface area contributed by atoms with E-state index >= 15 is 0 Å². The number of fused-ring (bicyclic) bond motifs is 2. The molecule has 2 bridgehead atoms. The zero-order valence-electron chi connectivity index (χ0n) is 17.6. The molecule has 5 heteroatoms. The number of hydrogen-bond donors (Lipinski definition) is 2. The molecule has 0 aromatic carbocycles. The molecule has 0 radical (unpaired) electrons. The van der Waals surface area contributed by atoms with E-state index in [4.69, 9.17) is 10.6 Å². The number of unbranched alkanes of at least 4 members (excludes halogenated alkanes) is 7. The van der Waals surface area contributed by atoms with Gasteiger partial charge in [0, 0.05) is 18.3 Å². The maximum Gasteiger partial charge on any atom is 0.306 e. The predicted octanol–water partition coefficient (Wildman–Crippen LogP) is 4.64. The average Bonchev–Trinajstić information content (AvgIpc) is 2.96. The molecule has 2 fully saturated rings. The summed E-state index contributed by atoms with van der Waals surface area (Å²) in [4.78, 5) is 23.2. The van der Waals surface area contributed by atoms with E-state index in [0.717, 1.165) is 38.5 Å². The molecule has 2 rings (SSSR count). The lowest BCUT2D eigenvalue weighted by Gasteiger charge is -2.38. The van der Waals surface area contributed by atoms with Crippen molar-refractivity contribution in [1.29, 1.82) is 0 Å². The highest BCUT2D eigenvalue weighted by molar-refractivity contribution is 5.75. The van der Waals surface area contributed by atoms with E-state index in [1.165, 1.54) is 32.1 Å². The summed E-state index contributed by atoms with van der Waals surface area (Å²) >= 11 is 0. The molecule has 2 saturated carbocycles. The van der Waals surface area contributed by atoms with Gasteiger partial charge in [0.15, 0.2) is 0 Å². The van der Waals surface area contributed by atoms with Gasteiger partial charge in [-0.15, -0.1) is 0 Å². The van der Waals surface area contributed by atoms with E-state index in [1.54, 1.807) is 0 Å². The third-order valence-corrected chi connectivity index (χ3v) is 7.68. The number of nitrogens with one attached hydrogen (secondary N) is 1. The standard InChI is InChI=1S/C22H40N2O3/c1-21(2)17-14-15-22(21,3)18(16-17)27-20(26)13-11-9-7-5-4-6-8-10-12-19(25)24-23/h17-18H,4-16,23H2,1-3H3,(H,24,25)/t17-,18+,22+/m0/s1. The van der Waals surface area contributed by atoms with Crippen LogP contribution in [0.3, 0.4) is 0 Å². The van der Waals surface area contributed by atoms with Gasteiger partial charge in [0.1, 0.15) is 6.10 Å². The molecule has 2 aliphatic rings. The maximum atomic E-state index is 12.3. The van der Waals surface area contributed by atoms with Crippen molar-refractivity contribution in [3.8, 4) is 0 Å². The zero-order chi connectivity index (χ0) is 19.9. The number of ether oxygens (including phenoxy) is 1. The number of carbonyl (C=O) groups is 2. The molecule has 1 amide bonds. The number of rotatable bonds is 12. The minimum absolute atomic E-state index is 0.00255. The average molecular weight is 381 g/mol. The van der Waals surface area contributed by atoms with E-state index in [2.05, 4.69) is 26.2 Å². The summed E-state index contributed by atoms with van der Waals surface area (Å²) < 4.78 is 5.90. The molecule has 2 aliphatic carbocycles. The smallest absolute Gasteiger partial charge is 0.306 e. The highest BCUT2D eigenvalue weighted by Crippen LogP contribution is 2.66. The van der Waals surface area contributed by atoms with Crippen molar-refractivity contribution >= 4 is 11.9 Å². The van der Waals surface area contributed by atoms with Crippen LogP contribution in [-0.2, 0) is 14.3 Å². The summed E-state index contributed by atoms with van der Waals surface area (Å²) in [5, 5.41) is 0. The molecule has 0 heterocycles. The quantitative estimate of drug-likeness (QED) is 0.170. The second-order valence-corrected chi connectivity index (χ2v) is 9.48. The molecule has 0 aromatic heterocycles. The van der Waals surface area contributed by atoms with Crippen LogP contribution in [0.2, 0.25) is 0 Å². The SMILES string of the molecule is CC1(C)[C@H]2CC[C@]1(C)[C@H](OC(=O)CCCCCCCCCCC(=O)NN)C2. The van der Waals surface area contributed by atoms with Crippen LogP contribution in [-0.4, -0.2) is 18.0 Å². The Bertz CT molecular complexity index is 506. The van der Waals surface area contributed by atoms with Gasteiger partial charge in [-0.2, -0.15) is 0 Å². The van der Waals surface area contributed by atoms with Crippen molar-refractivity contribution in [2.24, 2.45) is 22.6 Å². The number of hydrazine groups is 1. The van der Waals surface area contributed by atoms with Gasteiger partial charge in [-0.3, -0.25) is 15.0 Å². The lowest BCUT2D eigenvalue weighted by atomic mass is 9.70. The molecule has 5 nitrogen and oxygen atoms in total. The van der Waals surface area contributed by atoms with Gasteiger partial charge in [0.2, 0.25) is 5.91 Å². The van der Waals surface area contributed by atoms with Crippen molar-refractivity contribution in [3.63, 3.8) is 0 Å². The van der Waals surface area contributed by atoms with Gasteiger partial charge in [0.25, 0.3) is 0 Å². The molecule has 27 heavy (non-hydrogen) atoms. The van der Waals surface area contributed by atoms with E-state index < -0.39 is 0 Å². The van der Waals surface area contributed by atoms with Crippen LogP contribution in [0, 0.1) is 16.7 Å². The monoisotopic (exact) mass is 380 g/mol. The summed E-state index contributed by atoms with van der Waals surface area (Å²) in [7, 11) is 0. The van der Waals surface area contributed by atoms with Crippen LogP contribution in [0.25, 0.3) is 0 Å². The van der Waals surface area contributed by atoms with Gasteiger partial charge >= 0.3 is 5.97 Å². The zero-order valence-corrected chi connectivity index (χ0v) is 17.6. The first-order chi connectivity index (χ1) is 12.8. The Morgan fingerprint density at radius 1 is 0.963 bits per heavy atom. The molecule has 0 aromatic rings. The first kappa shape index (κ1) is 22.2. The van der Waals surface area contributed by atoms with Gasteiger partial charge in [-0.05, 0) is 43.4 Å². The molecular formula is C22H40N2O3. The molecule has 156 valence electrons. The molecule has 0 unspecified atom stereocenters. The number of nitrogens with two attached hydrogens (primary N) is 1. The van der Waals surface area contributed by atoms with Crippen molar-refractivity contribution in [2.45, 2.75) is 110 Å². The number of esters is 1. The fraction of sp³-hybridized carbons (Fsp3) is 0.909. The van der Waals surface area contributed by atoms with E-state index in [1.807, 2.05) is 0 Å². The molecule has 0 saturated heterocycles. The largest absolute Gasteiger partial charge is 0.462 e. The van der Waals surface area contributed by atoms with Gasteiger partial charge in [-0.25, -0.2) is 5.84 Å². The molecule has 3 N–H and O–H groups in total. The summed E-state index contributed by atoms with van der Waals surface area (Å²) in [6.07, 6.45) is 13.5. The summed E-state index contributed by atoms with van der Waals surface area (Å²) in [5.74, 6) is 5.69. The fourth-order valence-corrected chi connectivity index (χ4v) is 5.21. The Morgan fingerprint density at radius 3 is 2.00 bits per heavy atom. The summed E-state index contributed by atoms with van der Waals surface area (Å²) in [6.45, 7) is 7.03. The first-order valence-electron chi connectivity index (χ1n) is 11.0. The van der Waals surface area contributed by atoms with E-state index in [9.17, 15) is 9.59 Å². The predicted molar refractivity (Wildman–Crippen MR) is 108 cm³/mol. The number of hydrogen-bond acceptors (Lipinski definition) is 4. The van der Waals surface area contributed by atoms with Crippen LogP contribution in [0.15, 0.2) is 0 Å². The maximum absolute atomic E-state index is 12.3. The Kier molecular flexibility index (Phi) is 8.14. The molecular weight excluding hydrogens is 340 g/mol.